The van der Waals surface area contributed by atoms with Gasteiger partial charge in [0.1, 0.15) is 0 Å². The van der Waals surface area contributed by atoms with E-state index in [0.29, 0.717) is 12.4 Å². The summed E-state index contributed by atoms with van der Waals surface area (Å²) in [6.45, 7) is 2.57. The lowest BCUT2D eigenvalue weighted by Gasteiger charge is -2.24. The van der Waals surface area contributed by atoms with Crippen molar-refractivity contribution in [3.05, 3.63) is 0 Å². The Kier molecular flexibility index (Phi) is 5.56. The lowest BCUT2D eigenvalue weighted by molar-refractivity contribution is -0.130. The Balaban J connectivity index is 2.43. The summed E-state index contributed by atoms with van der Waals surface area (Å²) in [5.74, 6) is 0.590. The molecule has 3 heteroatoms. The Bertz CT molecular complexity index is 169. The fourth-order valence-corrected chi connectivity index (χ4v) is 2.69. The van der Waals surface area contributed by atoms with Crippen molar-refractivity contribution in [1.29, 1.82) is 0 Å². The second-order valence-electron chi connectivity index (χ2n) is 3.76. The third kappa shape index (κ3) is 3.28. The first-order chi connectivity index (χ1) is 6.79. The van der Waals surface area contributed by atoms with E-state index in [9.17, 15) is 4.79 Å². The van der Waals surface area contributed by atoms with E-state index in [-0.39, 0.29) is 11.4 Å². The molecule has 1 unspecified atom stereocenters. The lowest BCUT2D eigenvalue weighted by atomic mass is 9.86. The molecule has 14 heavy (non-hydrogen) atoms. The van der Waals surface area contributed by atoms with Crippen LogP contribution in [0.1, 0.15) is 39.0 Å². The number of carbonyl (C=O) groups is 1. The van der Waals surface area contributed by atoms with Gasteiger partial charge in [-0.15, -0.1) is 11.8 Å². The number of ether oxygens (including phenoxy) is 1. The van der Waals surface area contributed by atoms with Gasteiger partial charge < -0.3 is 4.74 Å². The van der Waals surface area contributed by atoms with E-state index >= 15 is 0 Å². The highest BCUT2D eigenvalue weighted by Gasteiger charge is 2.27. The molecule has 0 aromatic rings. The van der Waals surface area contributed by atoms with Gasteiger partial charge in [-0.2, -0.15) is 0 Å². The fraction of sp³-hybridized carbons (Fsp3) is 0.909. The molecule has 0 aromatic heterocycles. The zero-order valence-electron chi connectivity index (χ0n) is 9.12. The van der Waals surface area contributed by atoms with E-state index in [1.165, 1.54) is 31.0 Å². The Morgan fingerprint density at radius 1 is 1.43 bits per heavy atom. The molecule has 0 saturated heterocycles. The molecule has 0 heterocycles. The van der Waals surface area contributed by atoms with E-state index < -0.39 is 0 Å². The predicted molar refractivity (Wildman–Crippen MR) is 60.5 cm³/mol. The van der Waals surface area contributed by atoms with Crippen molar-refractivity contribution in [2.24, 2.45) is 5.92 Å². The molecule has 0 aromatic carbocycles. The highest BCUT2D eigenvalue weighted by atomic mass is 32.2. The van der Waals surface area contributed by atoms with Gasteiger partial charge in [-0.25, -0.2) is 0 Å². The van der Waals surface area contributed by atoms with Gasteiger partial charge in [-0.05, 0) is 26.0 Å². The van der Waals surface area contributed by atoms with Crippen LogP contribution in [-0.2, 0) is 9.53 Å². The normalized spacial score (nSPS) is 20.7. The van der Waals surface area contributed by atoms with Crippen LogP contribution in [0.25, 0.3) is 0 Å². The zero-order chi connectivity index (χ0) is 10.4. The summed E-state index contributed by atoms with van der Waals surface area (Å²) < 4.78 is 5.42. The van der Waals surface area contributed by atoms with Crippen molar-refractivity contribution < 1.29 is 9.53 Å². The first-order valence-electron chi connectivity index (χ1n) is 5.47. The van der Waals surface area contributed by atoms with Gasteiger partial charge in [0.25, 0.3) is 0 Å². The zero-order valence-corrected chi connectivity index (χ0v) is 9.94. The first-order valence-corrected chi connectivity index (χ1v) is 6.76. The third-order valence-corrected chi connectivity index (χ3v) is 3.57. The summed E-state index contributed by atoms with van der Waals surface area (Å²) >= 11 is 1.52. The lowest BCUT2D eigenvalue weighted by Crippen LogP contribution is -2.29. The summed E-state index contributed by atoms with van der Waals surface area (Å²) in [5, 5.41) is 0. The van der Waals surface area contributed by atoms with E-state index in [2.05, 4.69) is 0 Å². The van der Waals surface area contributed by atoms with E-state index in [4.69, 9.17) is 4.74 Å². The van der Waals surface area contributed by atoms with Crippen LogP contribution in [0.5, 0.6) is 0 Å². The second-order valence-corrected chi connectivity index (χ2v) is 4.66. The minimum atomic E-state index is -0.219. The molecule has 2 nitrogen and oxygen atoms in total. The number of Topliss-reactive ketones (excluding diaryl/α,β-unsaturated/α-hetero) is 1. The van der Waals surface area contributed by atoms with E-state index in [1.807, 2.05) is 13.2 Å². The molecule has 1 aliphatic rings. The van der Waals surface area contributed by atoms with E-state index in [1.54, 1.807) is 0 Å². The Hall–Kier alpha value is -0.0200. The topological polar surface area (TPSA) is 26.3 Å². The van der Waals surface area contributed by atoms with Crippen LogP contribution in [0, 0.1) is 5.92 Å². The van der Waals surface area contributed by atoms with Crippen molar-refractivity contribution in [3.63, 3.8) is 0 Å². The molecule has 1 rings (SSSR count). The monoisotopic (exact) mass is 216 g/mol. The molecule has 1 aliphatic carbocycles. The Morgan fingerprint density at radius 3 is 2.57 bits per heavy atom. The molecule has 82 valence electrons. The van der Waals surface area contributed by atoms with Crippen LogP contribution in [0.4, 0.5) is 0 Å². The SMILES string of the molecule is CCOC(SC)C(=O)C1CCCCC1. The van der Waals surface area contributed by atoms with Gasteiger partial charge in [-0.1, -0.05) is 19.3 Å². The average Bonchev–Trinajstić information content (AvgIpc) is 2.26. The number of thioether (sulfide) groups is 1. The average molecular weight is 216 g/mol. The van der Waals surface area contributed by atoms with Crippen molar-refractivity contribution in [2.75, 3.05) is 12.9 Å². The largest absolute Gasteiger partial charge is 0.360 e. The summed E-state index contributed by atoms with van der Waals surface area (Å²) in [4.78, 5) is 12.0. The molecule has 0 aliphatic heterocycles. The molecule has 1 saturated carbocycles. The predicted octanol–water partition coefficient (Wildman–Crippen LogP) is 2.86. The maximum absolute atomic E-state index is 12.0. The molecular weight excluding hydrogens is 196 g/mol. The van der Waals surface area contributed by atoms with Crippen LogP contribution in [-0.4, -0.2) is 24.1 Å². The maximum atomic E-state index is 12.0. The molecular formula is C11H20O2S. The third-order valence-electron chi connectivity index (χ3n) is 2.77. The summed E-state index contributed by atoms with van der Waals surface area (Å²) in [7, 11) is 0. The van der Waals surface area contributed by atoms with Crippen LogP contribution in [0.3, 0.4) is 0 Å². The van der Waals surface area contributed by atoms with Crippen LogP contribution in [0.2, 0.25) is 0 Å². The van der Waals surface area contributed by atoms with Crippen molar-refractivity contribution >= 4 is 17.5 Å². The minimum absolute atomic E-state index is 0.219. The second kappa shape index (κ2) is 6.46. The molecule has 0 amide bonds. The first kappa shape index (κ1) is 12.1. The van der Waals surface area contributed by atoms with Crippen molar-refractivity contribution in [3.8, 4) is 0 Å². The molecule has 0 spiro atoms. The highest BCUT2D eigenvalue weighted by Crippen LogP contribution is 2.27. The molecule has 0 bridgehead atoms. The maximum Gasteiger partial charge on any atom is 0.174 e. The molecule has 0 radical (unpaired) electrons. The number of ketones is 1. The fourth-order valence-electron chi connectivity index (χ4n) is 2.00. The summed E-state index contributed by atoms with van der Waals surface area (Å²) in [6.07, 6.45) is 7.81. The van der Waals surface area contributed by atoms with Gasteiger partial charge in [0.2, 0.25) is 0 Å². The summed E-state index contributed by atoms with van der Waals surface area (Å²) in [6, 6.07) is 0. The number of hydrogen-bond acceptors (Lipinski definition) is 3. The van der Waals surface area contributed by atoms with Crippen LogP contribution in [0.15, 0.2) is 0 Å². The highest BCUT2D eigenvalue weighted by molar-refractivity contribution is 7.99. The van der Waals surface area contributed by atoms with Gasteiger partial charge in [0.15, 0.2) is 11.2 Å². The Morgan fingerprint density at radius 2 is 2.07 bits per heavy atom. The van der Waals surface area contributed by atoms with E-state index in [0.717, 1.165) is 12.8 Å². The van der Waals surface area contributed by atoms with Gasteiger partial charge in [0, 0.05) is 12.5 Å². The van der Waals surface area contributed by atoms with Crippen LogP contribution >= 0.6 is 11.8 Å². The quantitative estimate of drug-likeness (QED) is 0.661. The number of carbonyl (C=O) groups excluding carboxylic acids is 1. The van der Waals surface area contributed by atoms with Gasteiger partial charge in [0.05, 0.1) is 0 Å². The number of hydrogen-bond donors (Lipinski definition) is 0. The smallest absolute Gasteiger partial charge is 0.174 e. The summed E-state index contributed by atoms with van der Waals surface area (Å²) in [5.41, 5.74) is -0.219. The molecule has 1 atom stereocenters. The van der Waals surface area contributed by atoms with Crippen molar-refractivity contribution in [1.82, 2.24) is 0 Å². The van der Waals surface area contributed by atoms with Gasteiger partial charge >= 0.3 is 0 Å². The Labute approximate surface area is 90.8 Å². The molecule has 0 N–H and O–H groups in total. The van der Waals surface area contributed by atoms with Crippen LogP contribution < -0.4 is 0 Å². The standard InChI is InChI=1S/C11H20O2S/c1-3-13-11(14-2)10(12)9-7-5-4-6-8-9/h9,11H,3-8H2,1-2H3. The van der Waals surface area contributed by atoms with Crippen molar-refractivity contribution in [2.45, 2.75) is 44.5 Å². The van der Waals surface area contributed by atoms with Gasteiger partial charge in [-0.3, -0.25) is 4.79 Å². The number of rotatable bonds is 5. The minimum Gasteiger partial charge on any atom is -0.360 e. The molecule has 1 fully saturated rings.